The van der Waals surface area contributed by atoms with Gasteiger partial charge in [0.15, 0.2) is 0 Å². The van der Waals surface area contributed by atoms with Gasteiger partial charge in [0.25, 0.3) is 0 Å². The van der Waals surface area contributed by atoms with Crippen LogP contribution in [0, 0.1) is 20.2 Å². The Morgan fingerprint density at radius 2 is 1.84 bits per heavy atom. The standard InChI is InChI=1S/C17H18N2O6/c1-3-13-9-14(16(20)21)11(2)15(18(22)23)17(13,19(24)25)10-12-7-5-4-6-8-12/h4-9,15H,3,10H2,1-2H3,(H,20,21). The van der Waals surface area contributed by atoms with Crippen LogP contribution >= 0.6 is 0 Å². The molecule has 0 heterocycles. The van der Waals surface area contributed by atoms with Crippen molar-refractivity contribution in [2.75, 3.05) is 0 Å². The first-order valence-corrected chi connectivity index (χ1v) is 7.72. The summed E-state index contributed by atoms with van der Waals surface area (Å²) in [7, 11) is 0. The number of nitro groups is 2. The lowest BCUT2D eigenvalue weighted by Crippen LogP contribution is -2.58. The van der Waals surface area contributed by atoms with Crippen LogP contribution in [0.5, 0.6) is 0 Å². The zero-order valence-corrected chi connectivity index (χ0v) is 13.8. The van der Waals surface area contributed by atoms with Crippen LogP contribution in [0.2, 0.25) is 0 Å². The van der Waals surface area contributed by atoms with E-state index >= 15 is 0 Å². The van der Waals surface area contributed by atoms with Crippen molar-refractivity contribution in [1.82, 2.24) is 0 Å². The van der Waals surface area contributed by atoms with Crippen LogP contribution in [0.15, 0.2) is 53.1 Å². The van der Waals surface area contributed by atoms with Gasteiger partial charge in [0.05, 0.1) is 12.0 Å². The number of carboxylic acid groups (broad SMARTS) is 1. The zero-order chi connectivity index (χ0) is 18.8. The first-order chi connectivity index (χ1) is 11.8. The molecule has 0 bridgehead atoms. The van der Waals surface area contributed by atoms with Crippen LogP contribution < -0.4 is 0 Å². The summed E-state index contributed by atoms with van der Waals surface area (Å²) in [6.45, 7) is 2.91. The van der Waals surface area contributed by atoms with Crippen LogP contribution in [0.1, 0.15) is 25.8 Å². The molecule has 1 aliphatic carbocycles. The Bertz CT molecular complexity index is 784. The minimum Gasteiger partial charge on any atom is -0.478 e. The quantitative estimate of drug-likeness (QED) is 0.624. The van der Waals surface area contributed by atoms with Gasteiger partial charge in [-0.25, -0.2) is 4.79 Å². The Morgan fingerprint density at radius 1 is 1.24 bits per heavy atom. The van der Waals surface area contributed by atoms with Crippen molar-refractivity contribution in [3.8, 4) is 0 Å². The van der Waals surface area contributed by atoms with E-state index in [1.54, 1.807) is 37.3 Å². The number of carbonyl (C=O) groups is 1. The molecule has 0 radical (unpaired) electrons. The number of hydrogen-bond donors (Lipinski definition) is 1. The molecule has 1 aromatic carbocycles. The van der Waals surface area contributed by atoms with Crippen molar-refractivity contribution in [1.29, 1.82) is 0 Å². The van der Waals surface area contributed by atoms with Gasteiger partial charge in [0, 0.05) is 21.0 Å². The van der Waals surface area contributed by atoms with Crippen LogP contribution in [0.25, 0.3) is 0 Å². The Balaban J connectivity index is 2.75. The molecular formula is C17H18N2O6. The Kier molecular flexibility index (Phi) is 5.01. The van der Waals surface area contributed by atoms with Gasteiger partial charge in [-0.2, -0.15) is 0 Å². The van der Waals surface area contributed by atoms with E-state index in [0.717, 1.165) is 0 Å². The van der Waals surface area contributed by atoms with Crippen LogP contribution in [-0.4, -0.2) is 32.5 Å². The molecule has 0 saturated carbocycles. The largest absolute Gasteiger partial charge is 0.478 e. The predicted molar refractivity (Wildman–Crippen MR) is 89.4 cm³/mol. The van der Waals surface area contributed by atoms with Crippen LogP contribution in [0.3, 0.4) is 0 Å². The summed E-state index contributed by atoms with van der Waals surface area (Å²) < 4.78 is 0. The minimum absolute atomic E-state index is 0.109. The maximum absolute atomic E-state index is 12.1. The number of hydrogen-bond acceptors (Lipinski definition) is 5. The topological polar surface area (TPSA) is 124 Å². The molecule has 8 nitrogen and oxygen atoms in total. The summed E-state index contributed by atoms with van der Waals surface area (Å²) in [6, 6.07) is 6.75. The maximum atomic E-state index is 12.1. The fourth-order valence-corrected chi connectivity index (χ4v) is 3.46. The van der Waals surface area contributed by atoms with E-state index in [9.17, 15) is 30.1 Å². The van der Waals surface area contributed by atoms with Gasteiger partial charge in [-0.3, -0.25) is 20.2 Å². The third kappa shape index (κ3) is 3.02. The van der Waals surface area contributed by atoms with Crippen molar-refractivity contribution in [2.24, 2.45) is 0 Å². The molecule has 0 aliphatic heterocycles. The van der Waals surface area contributed by atoms with E-state index in [2.05, 4.69) is 0 Å². The average Bonchev–Trinajstić information content (AvgIpc) is 2.55. The zero-order valence-electron chi connectivity index (χ0n) is 13.8. The second-order valence-electron chi connectivity index (χ2n) is 5.96. The average molecular weight is 346 g/mol. The van der Waals surface area contributed by atoms with Crippen LogP contribution in [0.4, 0.5) is 0 Å². The molecule has 2 unspecified atom stereocenters. The number of rotatable bonds is 6. The number of nitrogens with zero attached hydrogens (tertiary/aromatic N) is 2. The summed E-state index contributed by atoms with van der Waals surface area (Å²) >= 11 is 0. The maximum Gasteiger partial charge on any atom is 0.335 e. The van der Waals surface area contributed by atoms with Crippen molar-refractivity contribution in [3.63, 3.8) is 0 Å². The van der Waals surface area contributed by atoms with Gasteiger partial charge >= 0.3 is 17.6 Å². The van der Waals surface area contributed by atoms with E-state index in [0.29, 0.717) is 5.56 Å². The molecule has 0 fully saturated rings. The van der Waals surface area contributed by atoms with Crippen molar-refractivity contribution in [2.45, 2.75) is 38.3 Å². The van der Waals surface area contributed by atoms with Crippen molar-refractivity contribution < 1.29 is 19.7 Å². The molecule has 0 saturated heterocycles. The lowest BCUT2D eigenvalue weighted by molar-refractivity contribution is -0.638. The molecule has 0 aromatic heterocycles. The Morgan fingerprint density at radius 3 is 2.28 bits per heavy atom. The summed E-state index contributed by atoms with van der Waals surface area (Å²) in [6.07, 6.45) is 1.18. The highest BCUT2D eigenvalue weighted by molar-refractivity contribution is 5.92. The second kappa shape index (κ2) is 6.84. The highest BCUT2D eigenvalue weighted by Crippen LogP contribution is 2.41. The SMILES string of the molecule is CCC1=CC(C(=O)O)=C(C)C([N+](=O)[O-])C1(Cc1ccccc1)[N+](=O)[O-]. The third-order valence-corrected chi connectivity index (χ3v) is 4.63. The highest BCUT2D eigenvalue weighted by atomic mass is 16.6. The normalized spacial score (nSPS) is 23.1. The Labute approximate surface area is 143 Å². The van der Waals surface area contributed by atoms with Crippen LogP contribution in [-0.2, 0) is 11.2 Å². The molecule has 1 aliphatic rings. The van der Waals surface area contributed by atoms with Crippen molar-refractivity contribution >= 4 is 5.97 Å². The van der Waals surface area contributed by atoms with E-state index in [-0.39, 0.29) is 29.6 Å². The molecule has 2 rings (SSSR count). The fraction of sp³-hybridized carbons (Fsp3) is 0.353. The number of benzene rings is 1. The lowest BCUT2D eigenvalue weighted by atomic mass is 9.70. The highest BCUT2D eigenvalue weighted by Gasteiger charge is 2.63. The number of aliphatic carboxylic acids is 1. The smallest absolute Gasteiger partial charge is 0.335 e. The monoisotopic (exact) mass is 346 g/mol. The molecular weight excluding hydrogens is 328 g/mol. The van der Waals surface area contributed by atoms with Crippen molar-refractivity contribution in [3.05, 3.63) is 78.9 Å². The second-order valence-corrected chi connectivity index (χ2v) is 5.96. The van der Waals surface area contributed by atoms with E-state index in [1.807, 2.05) is 0 Å². The summed E-state index contributed by atoms with van der Waals surface area (Å²) in [4.78, 5) is 33.9. The van der Waals surface area contributed by atoms with E-state index < -0.39 is 27.4 Å². The van der Waals surface area contributed by atoms with Gasteiger partial charge in [-0.05, 0) is 25.0 Å². The van der Waals surface area contributed by atoms with E-state index in [4.69, 9.17) is 0 Å². The van der Waals surface area contributed by atoms with Gasteiger partial charge < -0.3 is 5.11 Å². The lowest BCUT2D eigenvalue weighted by Gasteiger charge is -2.33. The number of carboxylic acids is 1. The van der Waals surface area contributed by atoms with Gasteiger partial charge in [-0.1, -0.05) is 37.3 Å². The summed E-state index contributed by atoms with van der Waals surface area (Å²) in [5.74, 6) is -1.33. The molecule has 1 aromatic rings. The molecule has 0 spiro atoms. The first kappa shape index (κ1) is 18.3. The van der Waals surface area contributed by atoms with Gasteiger partial charge in [0.2, 0.25) is 0 Å². The van der Waals surface area contributed by atoms with E-state index in [1.165, 1.54) is 13.0 Å². The Hall–Kier alpha value is -3.03. The predicted octanol–water partition coefficient (Wildman–Crippen LogP) is 2.64. The summed E-state index contributed by atoms with van der Waals surface area (Å²) in [5, 5.41) is 33.2. The molecule has 1 N–H and O–H groups in total. The molecule has 132 valence electrons. The van der Waals surface area contributed by atoms with Gasteiger partial charge in [0.1, 0.15) is 0 Å². The van der Waals surface area contributed by atoms with Gasteiger partial charge in [-0.15, -0.1) is 0 Å². The molecule has 25 heavy (non-hydrogen) atoms. The molecule has 0 amide bonds. The first-order valence-electron chi connectivity index (χ1n) is 7.72. The molecule has 8 heteroatoms. The fourth-order valence-electron chi connectivity index (χ4n) is 3.46. The summed E-state index contributed by atoms with van der Waals surface area (Å²) in [5.41, 5.74) is -1.64. The third-order valence-electron chi connectivity index (χ3n) is 4.63. The minimum atomic E-state index is -2.01. The molecule has 2 atom stereocenters.